The molecule has 8 heteroatoms. The summed E-state index contributed by atoms with van der Waals surface area (Å²) in [4.78, 5) is 41.1. The number of likely N-dealkylation sites (tertiary alicyclic amines) is 1. The number of aromatic nitrogens is 1. The molecule has 1 fully saturated rings. The maximum absolute atomic E-state index is 11.9. The van der Waals surface area contributed by atoms with Gasteiger partial charge in [0.15, 0.2) is 0 Å². The number of piperidine rings is 1. The molecule has 0 unspecified atom stereocenters. The van der Waals surface area contributed by atoms with Crippen molar-refractivity contribution < 1.29 is 19.1 Å². The molecule has 130 valence electrons. The van der Waals surface area contributed by atoms with Crippen molar-refractivity contribution in [1.29, 1.82) is 0 Å². The molecule has 3 amide bonds. The summed E-state index contributed by atoms with van der Waals surface area (Å²) in [5.41, 5.74) is 0.964. The lowest BCUT2D eigenvalue weighted by molar-refractivity contribution is -0.136. The Bertz CT molecular complexity index is 595. The number of hydrogen-bond acceptors (Lipinski definition) is 5. The summed E-state index contributed by atoms with van der Waals surface area (Å²) in [7, 11) is 0. The van der Waals surface area contributed by atoms with Gasteiger partial charge >= 0.3 is 17.9 Å². The highest BCUT2D eigenvalue weighted by molar-refractivity contribution is 6.39. The molecule has 0 atom stereocenters. The van der Waals surface area contributed by atoms with Gasteiger partial charge in [0.2, 0.25) is 0 Å². The summed E-state index contributed by atoms with van der Waals surface area (Å²) >= 11 is 0. The molecule has 0 aromatic carbocycles. The maximum Gasteiger partial charge on any atom is 0.409 e. The number of hydrogen-bond donors (Lipinski definition) is 2. The number of anilines is 1. The number of nitrogens with zero attached hydrogens (tertiary/aromatic N) is 2. The second-order valence-electron chi connectivity index (χ2n) is 5.61. The second-order valence-corrected chi connectivity index (χ2v) is 5.61. The Balaban J connectivity index is 1.77. The summed E-state index contributed by atoms with van der Waals surface area (Å²) < 4.78 is 4.94. The minimum Gasteiger partial charge on any atom is -0.450 e. The van der Waals surface area contributed by atoms with Gasteiger partial charge in [-0.15, -0.1) is 0 Å². The van der Waals surface area contributed by atoms with Crippen molar-refractivity contribution in [3.63, 3.8) is 0 Å². The highest BCUT2D eigenvalue weighted by Crippen LogP contribution is 2.11. The van der Waals surface area contributed by atoms with E-state index in [2.05, 4.69) is 15.6 Å². The Labute approximate surface area is 140 Å². The molecule has 1 aromatic rings. The average molecular weight is 334 g/mol. The monoisotopic (exact) mass is 334 g/mol. The van der Waals surface area contributed by atoms with Gasteiger partial charge in [0, 0.05) is 25.3 Å². The first kappa shape index (κ1) is 17.7. The van der Waals surface area contributed by atoms with Crippen LogP contribution < -0.4 is 10.6 Å². The maximum atomic E-state index is 11.9. The minimum atomic E-state index is -0.751. The molecule has 0 saturated carbocycles. The number of rotatable bonds is 3. The van der Waals surface area contributed by atoms with Gasteiger partial charge in [-0.3, -0.25) is 9.59 Å². The van der Waals surface area contributed by atoms with E-state index in [1.807, 2.05) is 6.92 Å². The lowest BCUT2D eigenvalue weighted by atomic mass is 10.1. The Kier molecular flexibility index (Phi) is 6.11. The van der Waals surface area contributed by atoms with Crippen LogP contribution in [0.5, 0.6) is 0 Å². The van der Waals surface area contributed by atoms with Crippen LogP contribution in [0, 0.1) is 6.92 Å². The SMILES string of the molecule is CCOC(=O)N1CCC(NC(=O)C(=O)Nc2ccc(C)cn2)CC1. The fourth-order valence-corrected chi connectivity index (χ4v) is 2.39. The molecule has 1 saturated heterocycles. The molecule has 0 spiro atoms. The normalized spacial score (nSPS) is 14.8. The van der Waals surface area contributed by atoms with Gasteiger partial charge in [0.25, 0.3) is 0 Å². The molecule has 2 rings (SSSR count). The second kappa shape index (κ2) is 8.28. The van der Waals surface area contributed by atoms with Crippen molar-refractivity contribution in [3.05, 3.63) is 23.9 Å². The zero-order valence-electron chi connectivity index (χ0n) is 13.9. The molecule has 0 bridgehead atoms. The van der Waals surface area contributed by atoms with E-state index in [1.165, 1.54) is 0 Å². The number of amides is 3. The van der Waals surface area contributed by atoms with Gasteiger partial charge in [-0.25, -0.2) is 9.78 Å². The largest absolute Gasteiger partial charge is 0.450 e. The van der Waals surface area contributed by atoms with Gasteiger partial charge in [0.1, 0.15) is 5.82 Å². The van der Waals surface area contributed by atoms with Gasteiger partial charge in [-0.1, -0.05) is 6.07 Å². The molecule has 8 nitrogen and oxygen atoms in total. The Morgan fingerprint density at radius 2 is 1.96 bits per heavy atom. The smallest absolute Gasteiger partial charge is 0.409 e. The third-order valence-corrected chi connectivity index (χ3v) is 3.72. The molecule has 2 heterocycles. The molecular formula is C16H22N4O4. The van der Waals surface area contributed by atoms with Crippen molar-refractivity contribution in [1.82, 2.24) is 15.2 Å². The third kappa shape index (κ3) is 4.94. The molecule has 1 aliphatic heterocycles. The van der Waals surface area contributed by atoms with Gasteiger partial charge in [-0.05, 0) is 38.3 Å². The van der Waals surface area contributed by atoms with Crippen LogP contribution in [-0.2, 0) is 14.3 Å². The minimum absolute atomic E-state index is 0.139. The predicted octanol–water partition coefficient (Wildman–Crippen LogP) is 1.07. The van der Waals surface area contributed by atoms with E-state index in [0.717, 1.165) is 5.56 Å². The van der Waals surface area contributed by atoms with Crippen LogP contribution in [0.1, 0.15) is 25.3 Å². The van der Waals surface area contributed by atoms with Crippen molar-refractivity contribution in [3.8, 4) is 0 Å². The average Bonchev–Trinajstić information content (AvgIpc) is 2.57. The van der Waals surface area contributed by atoms with Crippen molar-refractivity contribution in [2.24, 2.45) is 0 Å². The Hall–Kier alpha value is -2.64. The molecule has 24 heavy (non-hydrogen) atoms. The molecule has 1 aromatic heterocycles. The summed E-state index contributed by atoms with van der Waals surface area (Å²) in [6.07, 6.45) is 2.44. The molecule has 0 radical (unpaired) electrons. The van der Waals surface area contributed by atoms with E-state index in [1.54, 1.807) is 30.2 Å². The number of carbonyl (C=O) groups excluding carboxylic acids is 3. The zero-order valence-corrected chi connectivity index (χ0v) is 13.9. The molecule has 1 aliphatic rings. The van der Waals surface area contributed by atoms with E-state index in [4.69, 9.17) is 4.74 Å². The predicted molar refractivity (Wildman–Crippen MR) is 87.4 cm³/mol. The van der Waals surface area contributed by atoms with Gasteiger partial charge in [-0.2, -0.15) is 0 Å². The van der Waals surface area contributed by atoms with Gasteiger partial charge < -0.3 is 20.3 Å². The van der Waals surface area contributed by atoms with Crippen molar-refractivity contribution in [2.75, 3.05) is 25.0 Å². The fraction of sp³-hybridized carbons (Fsp3) is 0.500. The number of aryl methyl sites for hydroxylation is 1. The van der Waals surface area contributed by atoms with Crippen LogP contribution in [0.25, 0.3) is 0 Å². The van der Waals surface area contributed by atoms with Crippen LogP contribution in [0.4, 0.5) is 10.6 Å². The van der Waals surface area contributed by atoms with Crippen molar-refractivity contribution in [2.45, 2.75) is 32.7 Å². The number of nitrogens with one attached hydrogen (secondary N) is 2. The first-order chi connectivity index (χ1) is 11.5. The molecular weight excluding hydrogens is 312 g/mol. The van der Waals surface area contributed by atoms with E-state index < -0.39 is 11.8 Å². The highest BCUT2D eigenvalue weighted by Gasteiger charge is 2.26. The van der Waals surface area contributed by atoms with E-state index in [9.17, 15) is 14.4 Å². The molecule has 0 aliphatic carbocycles. The highest BCUT2D eigenvalue weighted by atomic mass is 16.6. The molecule has 2 N–H and O–H groups in total. The van der Waals surface area contributed by atoms with Crippen molar-refractivity contribution >= 4 is 23.7 Å². The summed E-state index contributed by atoms with van der Waals surface area (Å²) in [5, 5.41) is 5.14. The summed E-state index contributed by atoms with van der Waals surface area (Å²) in [6.45, 7) is 4.96. The number of pyridine rings is 1. The van der Waals surface area contributed by atoms with Crippen LogP contribution in [0.3, 0.4) is 0 Å². The zero-order chi connectivity index (χ0) is 17.5. The Morgan fingerprint density at radius 3 is 2.54 bits per heavy atom. The third-order valence-electron chi connectivity index (χ3n) is 3.72. The van der Waals surface area contributed by atoms with E-state index >= 15 is 0 Å². The number of ether oxygens (including phenoxy) is 1. The van der Waals surface area contributed by atoms with E-state index in [-0.39, 0.29) is 12.1 Å². The summed E-state index contributed by atoms with van der Waals surface area (Å²) in [5.74, 6) is -1.12. The van der Waals surface area contributed by atoms with Crippen LogP contribution in [0.2, 0.25) is 0 Å². The Morgan fingerprint density at radius 1 is 1.25 bits per heavy atom. The standard InChI is InChI=1S/C16H22N4O4/c1-3-24-16(23)20-8-6-12(7-9-20)18-14(21)15(22)19-13-5-4-11(2)10-17-13/h4-5,10,12H,3,6-9H2,1-2H3,(H,18,21)(H,17,19,22). The van der Waals surface area contributed by atoms with Crippen LogP contribution >= 0.6 is 0 Å². The van der Waals surface area contributed by atoms with Crippen LogP contribution in [0.15, 0.2) is 18.3 Å². The quantitative estimate of drug-likeness (QED) is 0.805. The first-order valence-corrected chi connectivity index (χ1v) is 7.95. The van der Waals surface area contributed by atoms with E-state index in [0.29, 0.717) is 38.4 Å². The first-order valence-electron chi connectivity index (χ1n) is 7.95. The van der Waals surface area contributed by atoms with Gasteiger partial charge in [0.05, 0.1) is 6.61 Å². The lowest BCUT2D eigenvalue weighted by Gasteiger charge is -2.31. The number of carbonyl (C=O) groups is 3. The topological polar surface area (TPSA) is 101 Å². The van der Waals surface area contributed by atoms with Crippen LogP contribution in [-0.4, -0.2) is 53.5 Å². The lowest BCUT2D eigenvalue weighted by Crippen LogP contribution is -2.49. The fourth-order valence-electron chi connectivity index (χ4n) is 2.39. The summed E-state index contributed by atoms with van der Waals surface area (Å²) in [6, 6.07) is 3.30.